The number of carbonyl (C=O) groups excluding carboxylic acids is 1. The molecule has 0 radical (unpaired) electrons. The molecule has 3 aromatic carbocycles. The predicted octanol–water partition coefficient (Wildman–Crippen LogP) is 6.68. The molecular formula is C24H21ClI2N2O3. The Kier molecular flexibility index (Phi) is 9.61. The quantitative estimate of drug-likeness (QED) is 0.157. The number of ether oxygens (including phenoxy) is 2. The van der Waals surface area contributed by atoms with Crippen molar-refractivity contribution in [2.45, 2.75) is 20.0 Å². The highest BCUT2D eigenvalue weighted by molar-refractivity contribution is 14.1. The predicted molar refractivity (Wildman–Crippen MR) is 145 cm³/mol. The molecule has 0 fully saturated rings. The standard InChI is InChI=1S/C24H21ClI2N2O3/c1-2-11-31-19-9-7-17(8-10-19)24(30)29-28-14-16-12-21(26)23(22(27)13-16)32-15-18-5-3-4-6-20(18)25/h3-10,12-14H,2,11,15H2,1H3,(H,29,30)/b28-14+. The van der Waals surface area contributed by atoms with Crippen molar-refractivity contribution in [2.24, 2.45) is 5.10 Å². The minimum atomic E-state index is -0.285. The van der Waals surface area contributed by atoms with Gasteiger partial charge in [0.1, 0.15) is 18.1 Å². The lowest BCUT2D eigenvalue weighted by molar-refractivity contribution is 0.0955. The van der Waals surface area contributed by atoms with E-state index in [2.05, 4.69) is 55.7 Å². The second kappa shape index (κ2) is 12.4. The maximum absolute atomic E-state index is 12.3. The molecule has 0 aliphatic carbocycles. The van der Waals surface area contributed by atoms with E-state index >= 15 is 0 Å². The lowest BCUT2D eigenvalue weighted by atomic mass is 10.2. The fourth-order valence-corrected chi connectivity index (χ4v) is 5.03. The number of rotatable bonds is 9. The zero-order chi connectivity index (χ0) is 22.9. The maximum atomic E-state index is 12.3. The Labute approximate surface area is 219 Å². The third kappa shape index (κ3) is 7.08. The van der Waals surface area contributed by atoms with Crippen LogP contribution in [-0.4, -0.2) is 18.7 Å². The number of halogens is 3. The molecule has 0 atom stereocenters. The Morgan fingerprint density at radius 1 is 1.06 bits per heavy atom. The molecule has 0 unspecified atom stereocenters. The highest BCUT2D eigenvalue weighted by Gasteiger charge is 2.10. The molecule has 5 nitrogen and oxygen atoms in total. The van der Waals surface area contributed by atoms with Crippen molar-refractivity contribution in [3.05, 3.63) is 89.5 Å². The van der Waals surface area contributed by atoms with Gasteiger partial charge in [0.05, 0.1) is 20.0 Å². The first-order chi connectivity index (χ1) is 15.5. The second-order valence-corrected chi connectivity index (χ2v) is 9.50. The van der Waals surface area contributed by atoms with E-state index in [0.717, 1.165) is 36.2 Å². The molecule has 0 aliphatic rings. The molecule has 3 rings (SSSR count). The number of hydrogen-bond acceptors (Lipinski definition) is 4. The zero-order valence-corrected chi connectivity index (χ0v) is 22.3. The third-order valence-corrected chi connectivity index (χ3v) is 6.29. The van der Waals surface area contributed by atoms with Crippen LogP contribution in [0.5, 0.6) is 11.5 Å². The first-order valence-electron chi connectivity index (χ1n) is 9.89. The van der Waals surface area contributed by atoms with E-state index in [1.54, 1.807) is 30.5 Å². The average Bonchev–Trinajstić information content (AvgIpc) is 2.78. The van der Waals surface area contributed by atoms with Crippen LogP contribution < -0.4 is 14.9 Å². The minimum Gasteiger partial charge on any atom is -0.494 e. The third-order valence-electron chi connectivity index (χ3n) is 4.32. The summed E-state index contributed by atoms with van der Waals surface area (Å²) in [6, 6.07) is 18.5. The molecule has 0 aliphatic heterocycles. The SMILES string of the molecule is CCCOc1ccc(C(=O)N/N=C/c2cc(I)c(OCc3ccccc3Cl)c(I)c2)cc1. The Morgan fingerprint density at radius 2 is 1.75 bits per heavy atom. The molecule has 166 valence electrons. The Balaban J connectivity index is 1.60. The Morgan fingerprint density at radius 3 is 2.41 bits per heavy atom. The molecule has 0 saturated carbocycles. The van der Waals surface area contributed by atoms with Crippen molar-refractivity contribution < 1.29 is 14.3 Å². The molecule has 8 heteroatoms. The first kappa shape index (κ1) is 24.8. The lowest BCUT2D eigenvalue weighted by Crippen LogP contribution is -2.17. The molecule has 0 aromatic heterocycles. The Bertz CT molecular complexity index is 1080. The van der Waals surface area contributed by atoms with E-state index in [1.807, 2.05) is 43.3 Å². The monoisotopic (exact) mass is 674 g/mol. The van der Waals surface area contributed by atoms with Crippen LogP contribution >= 0.6 is 56.8 Å². The van der Waals surface area contributed by atoms with E-state index in [9.17, 15) is 4.79 Å². The zero-order valence-electron chi connectivity index (χ0n) is 17.3. The molecule has 1 N–H and O–H groups in total. The van der Waals surface area contributed by atoms with Gasteiger partial charge in [-0.3, -0.25) is 4.79 Å². The summed E-state index contributed by atoms with van der Waals surface area (Å²) in [6.07, 6.45) is 2.54. The molecule has 1 amide bonds. The van der Waals surface area contributed by atoms with Gasteiger partial charge in [-0.15, -0.1) is 0 Å². The molecular weight excluding hydrogens is 654 g/mol. The molecule has 0 heterocycles. The van der Waals surface area contributed by atoms with Crippen molar-refractivity contribution in [3.63, 3.8) is 0 Å². The van der Waals surface area contributed by atoms with Crippen LogP contribution in [0.3, 0.4) is 0 Å². The second-order valence-electron chi connectivity index (χ2n) is 6.77. The highest BCUT2D eigenvalue weighted by atomic mass is 127. The summed E-state index contributed by atoms with van der Waals surface area (Å²) in [6.45, 7) is 3.08. The first-order valence-corrected chi connectivity index (χ1v) is 12.4. The fourth-order valence-electron chi connectivity index (χ4n) is 2.71. The summed E-state index contributed by atoms with van der Waals surface area (Å²) in [5, 5.41) is 4.77. The summed E-state index contributed by atoms with van der Waals surface area (Å²) < 4.78 is 13.4. The van der Waals surface area contributed by atoms with Crippen molar-refractivity contribution >= 4 is 68.9 Å². The van der Waals surface area contributed by atoms with Gasteiger partial charge in [-0.05, 0) is 99.6 Å². The van der Waals surface area contributed by atoms with Gasteiger partial charge in [-0.2, -0.15) is 5.10 Å². The fraction of sp³-hybridized carbons (Fsp3) is 0.167. The largest absolute Gasteiger partial charge is 0.494 e. The van der Waals surface area contributed by atoms with Crippen LogP contribution in [0.15, 0.2) is 65.8 Å². The van der Waals surface area contributed by atoms with E-state index in [0.29, 0.717) is 23.8 Å². The van der Waals surface area contributed by atoms with Gasteiger partial charge in [0.2, 0.25) is 0 Å². The van der Waals surface area contributed by atoms with Crippen LogP contribution in [0.4, 0.5) is 0 Å². The highest BCUT2D eigenvalue weighted by Crippen LogP contribution is 2.30. The van der Waals surface area contributed by atoms with Gasteiger partial charge in [-0.1, -0.05) is 36.7 Å². The van der Waals surface area contributed by atoms with Crippen LogP contribution in [-0.2, 0) is 6.61 Å². The van der Waals surface area contributed by atoms with Crippen molar-refractivity contribution in [3.8, 4) is 11.5 Å². The average molecular weight is 675 g/mol. The van der Waals surface area contributed by atoms with Gasteiger partial charge in [0, 0.05) is 16.1 Å². The maximum Gasteiger partial charge on any atom is 0.271 e. The molecule has 0 spiro atoms. The van der Waals surface area contributed by atoms with Gasteiger partial charge < -0.3 is 9.47 Å². The van der Waals surface area contributed by atoms with Crippen molar-refractivity contribution in [1.29, 1.82) is 0 Å². The smallest absolute Gasteiger partial charge is 0.271 e. The molecule has 3 aromatic rings. The van der Waals surface area contributed by atoms with Gasteiger partial charge in [0.15, 0.2) is 0 Å². The van der Waals surface area contributed by atoms with Gasteiger partial charge in [0.25, 0.3) is 5.91 Å². The Hall–Kier alpha value is -1.85. The number of nitrogens with zero attached hydrogens (tertiary/aromatic N) is 1. The molecule has 0 saturated heterocycles. The summed E-state index contributed by atoms with van der Waals surface area (Å²) in [4.78, 5) is 12.3. The van der Waals surface area contributed by atoms with Crippen LogP contribution in [0.25, 0.3) is 0 Å². The van der Waals surface area contributed by atoms with Gasteiger partial charge >= 0.3 is 0 Å². The summed E-state index contributed by atoms with van der Waals surface area (Å²) in [5.74, 6) is 1.25. The molecule has 32 heavy (non-hydrogen) atoms. The van der Waals surface area contributed by atoms with Crippen molar-refractivity contribution in [2.75, 3.05) is 6.61 Å². The number of nitrogens with one attached hydrogen (secondary N) is 1. The molecule has 0 bridgehead atoms. The van der Waals surface area contributed by atoms with Crippen LogP contribution in [0, 0.1) is 7.14 Å². The summed E-state index contributed by atoms with van der Waals surface area (Å²) in [5.41, 5.74) is 4.85. The van der Waals surface area contributed by atoms with E-state index in [4.69, 9.17) is 21.1 Å². The number of hydrogen-bond donors (Lipinski definition) is 1. The summed E-state index contributed by atoms with van der Waals surface area (Å²) >= 11 is 10.7. The number of amides is 1. The normalized spacial score (nSPS) is 10.9. The number of benzene rings is 3. The van der Waals surface area contributed by atoms with Crippen LogP contribution in [0.1, 0.15) is 34.8 Å². The van der Waals surface area contributed by atoms with E-state index in [1.165, 1.54) is 0 Å². The van der Waals surface area contributed by atoms with Crippen LogP contribution in [0.2, 0.25) is 5.02 Å². The number of carbonyl (C=O) groups is 1. The van der Waals surface area contributed by atoms with E-state index in [-0.39, 0.29) is 5.91 Å². The lowest BCUT2D eigenvalue weighted by Gasteiger charge is -2.12. The van der Waals surface area contributed by atoms with E-state index < -0.39 is 0 Å². The van der Waals surface area contributed by atoms with Gasteiger partial charge in [-0.25, -0.2) is 5.43 Å². The minimum absolute atomic E-state index is 0.285. The number of hydrazone groups is 1. The topological polar surface area (TPSA) is 59.9 Å². The summed E-state index contributed by atoms with van der Waals surface area (Å²) in [7, 11) is 0. The van der Waals surface area contributed by atoms with Crippen molar-refractivity contribution in [1.82, 2.24) is 5.43 Å².